The highest BCUT2D eigenvalue weighted by Gasteiger charge is 2.25. The van der Waals surface area contributed by atoms with E-state index < -0.39 is 11.0 Å². The fourth-order valence-corrected chi connectivity index (χ4v) is 2.37. The summed E-state index contributed by atoms with van der Waals surface area (Å²) in [5, 5.41) is 0. The van der Waals surface area contributed by atoms with Gasteiger partial charge in [0, 0.05) is 6.20 Å². The molecule has 0 saturated heterocycles. The lowest BCUT2D eigenvalue weighted by molar-refractivity contribution is 0.463. The molecule has 0 aromatic carbocycles. The standard InChI is InChI=1S/C13H22N2OS/c1-10(2)12(11-8-6-7-9-14-11)15-17(16)13(3,4)5/h6-10,12,15H,1-5H3/t12-,17?/m1/s1. The lowest BCUT2D eigenvalue weighted by atomic mass is 10.0. The van der Waals surface area contributed by atoms with E-state index in [4.69, 9.17) is 0 Å². The monoisotopic (exact) mass is 254 g/mol. The van der Waals surface area contributed by atoms with E-state index >= 15 is 0 Å². The molecule has 0 aliphatic carbocycles. The van der Waals surface area contributed by atoms with Crippen LogP contribution in [-0.2, 0) is 11.0 Å². The van der Waals surface area contributed by atoms with E-state index in [1.54, 1.807) is 6.20 Å². The van der Waals surface area contributed by atoms with Gasteiger partial charge in [-0.2, -0.15) is 0 Å². The Labute approximate surface area is 107 Å². The molecule has 96 valence electrons. The van der Waals surface area contributed by atoms with Crippen molar-refractivity contribution in [2.45, 2.75) is 45.4 Å². The third-order valence-electron chi connectivity index (χ3n) is 2.46. The third kappa shape index (κ3) is 4.21. The van der Waals surface area contributed by atoms with Crippen LogP contribution in [0.4, 0.5) is 0 Å². The number of hydrogen-bond acceptors (Lipinski definition) is 2. The SMILES string of the molecule is CC(C)[C@@H](NS(=O)C(C)(C)C)c1ccccn1. The molecule has 0 radical (unpaired) electrons. The molecule has 1 unspecified atom stereocenters. The summed E-state index contributed by atoms with van der Waals surface area (Å²) in [5.41, 5.74) is 0.945. The van der Waals surface area contributed by atoms with Crippen LogP contribution in [0.3, 0.4) is 0 Å². The maximum absolute atomic E-state index is 12.1. The maximum Gasteiger partial charge on any atom is 0.0976 e. The fraction of sp³-hybridized carbons (Fsp3) is 0.615. The molecule has 17 heavy (non-hydrogen) atoms. The van der Waals surface area contributed by atoms with Gasteiger partial charge in [0.05, 0.1) is 27.5 Å². The van der Waals surface area contributed by atoms with Crippen molar-refractivity contribution in [2.24, 2.45) is 5.92 Å². The largest absolute Gasteiger partial charge is 0.260 e. The molecule has 3 nitrogen and oxygen atoms in total. The van der Waals surface area contributed by atoms with E-state index in [-0.39, 0.29) is 10.8 Å². The molecule has 1 aromatic heterocycles. The minimum absolute atomic E-state index is 0.0243. The summed E-state index contributed by atoms with van der Waals surface area (Å²) in [4.78, 5) is 4.34. The molecule has 2 atom stereocenters. The first-order chi connectivity index (χ1) is 7.82. The minimum Gasteiger partial charge on any atom is -0.260 e. The van der Waals surface area contributed by atoms with Crippen molar-refractivity contribution in [3.63, 3.8) is 0 Å². The van der Waals surface area contributed by atoms with Crippen LogP contribution >= 0.6 is 0 Å². The molecule has 0 spiro atoms. The zero-order valence-corrected chi connectivity index (χ0v) is 12.0. The van der Waals surface area contributed by atoms with Crippen LogP contribution in [0.25, 0.3) is 0 Å². The van der Waals surface area contributed by atoms with Crippen LogP contribution in [0.1, 0.15) is 46.4 Å². The Morgan fingerprint density at radius 3 is 2.35 bits per heavy atom. The molecule has 0 aliphatic heterocycles. The van der Waals surface area contributed by atoms with Crippen molar-refractivity contribution >= 4 is 11.0 Å². The smallest absolute Gasteiger partial charge is 0.0976 e. The molecule has 4 heteroatoms. The van der Waals surface area contributed by atoms with E-state index in [0.29, 0.717) is 5.92 Å². The van der Waals surface area contributed by atoms with Gasteiger partial charge in [-0.3, -0.25) is 4.98 Å². The summed E-state index contributed by atoms with van der Waals surface area (Å²) in [5.74, 6) is 0.344. The summed E-state index contributed by atoms with van der Waals surface area (Å²) in [6.45, 7) is 10.1. The predicted molar refractivity (Wildman–Crippen MR) is 72.8 cm³/mol. The summed E-state index contributed by atoms with van der Waals surface area (Å²) in [7, 11) is -1.08. The zero-order valence-electron chi connectivity index (χ0n) is 11.2. The number of aromatic nitrogens is 1. The van der Waals surface area contributed by atoms with Gasteiger partial charge in [0.15, 0.2) is 0 Å². The quantitative estimate of drug-likeness (QED) is 0.897. The first-order valence-electron chi connectivity index (χ1n) is 5.91. The highest BCUT2D eigenvalue weighted by atomic mass is 32.2. The Morgan fingerprint density at radius 2 is 1.94 bits per heavy atom. The number of pyridine rings is 1. The lowest BCUT2D eigenvalue weighted by Crippen LogP contribution is -2.37. The van der Waals surface area contributed by atoms with Crippen LogP contribution in [-0.4, -0.2) is 13.9 Å². The second kappa shape index (κ2) is 5.74. The molecule has 0 aliphatic rings. The van der Waals surface area contributed by atoms with Gasteiger partial charge >= 0.3 is 0 Å². The molecular weight excluding hydrogens is 232 g/mol. The Hall–Kier alpha value is -0.740. The van der Waals surface area contributed by atoms with Gasteiger partial charge in [0.2, 0.25) is 0 Å². The summed E-state index contributed by atoms with van der Waals surface area (Å²) >= 11 is 0. The summed E-state index contributed by atoms with van der Waals surface area (Å²) in [6, 6.07) is 5.84. The van der Waals surface area contributed by atoms with Crippen molar-refractivity contribution in [3.05, 3.63) is 30.1 Å². The number of nitrogens with zero attached hydrogens (tertiary/aromatic N) is 1. The van der Waals surface area contributed by atoms with E-state index in [1.807, 2.05) is 39.0 Å². The van der Waals surface area contributed by atoms with Crippen molar-refractivity contribution in [1.29, 1.82) is 0 Å². The molecule has 0 amide bonds. The topological polar surface area (TPSA) is 42.0 Å². The Bertz CT molecular complexity index is 371. The van der Waals surface area contributed by atoms with Crippen LogP contribution in [0, 0.1) is 5.92 Å². The lowest BCUT2D eigenvalue weighted by Gasteiger charge is -2.26. The average molecular weight is 254 g/mol. The normalized spacial score (nSPS) is 15.9. The minimum atomic E-state index is -1.08. The van der Waals surface area contributed by atoms with Crippen LogP contribution in [0.5, 0.6) is 0 Å². The van der Waals surface area contributed by atoms with Crippen molar-refractivity contribution < 1.29 is 4.21 Å². The van der Waals surface area contributed by atoms with Gasteiger partial charge in [0.1, 0.15) is 0 Å². The third-order valence-corrected chi connectivity index (χ3v) is 4.04. The molecule has 1 rings (SSSR count). The molecule has 0 bridgehead atoms. The second-order valence-electron chi connectivity index (χ2n) is 5.48. The van der Waals surface area contributed by atoms with E-state index in [1.165, 1.54) is 0 Å². The second-order valence-corrected chi connectivity index (χ2v) is 7.47. The molecule has 0 saturated carbocycles. The molecule has 1 heterocycles. The Morgan fingerprint density at radius 1 is 1.29 bits per heavy atom. The summed E-state index contributed by atoms with van der Waals surface area (Å²) < 4.78 is 15.0. The first-order valence-corrected chi connectivity index (χ1v) is 7.06. The van der Waals surface area contributed by atoms with Crippen molar-refractivity contribution in [1.82, 2.24) is 9.71 Å². The highest BCUT2D eigenvalue weighted by molar-refractivity contribution is 7.84. The van der Waals surface area contributed by atoms with E-state index in [0.717, 1.165) is 5.69 Å². The number of rotatable bonds is 4. The number of nitrogens with one attached hydrogen (secondary N) is 1. The molecule has 1 aromatic rings. The van der Waals surface area contributed by atoms with Gasteiger partial charge < -0.3 is 0 Å². The summed E-state index contributed by atoms with van der Waals surface area (Å²) in [6.07, 6.45) is 1.77. The van der Waals surface area contributed by atoms with Crippen LogP contribution < -0.4 is 4.72 Å². The Kier molecular flexibility index (Phi) is 4.83. The van der Waals surface area contributed by atoms with Crippen molar-refractivity contribution in [2.75, 3.05) is 0 Å². The fourth-order valence-electron chi connectivity index (χ4n) is 1.39. The molecule has 1 N–H and O–H groups in total. The zero-order chi connectivity index (χ0) is 13.1. The molecular formula is C13H22N2OS. The average Bonchev–Trinajstić information content (AvgIpc) is 2.25. The van der Waals surface area contributed by atoms with Gasteiger partial charge in [0.25, 0.3) is 0 Å². The van der Waals surface area contributed by atoms with Gasteiger partial charge in [-0.05, 0) is 38.8 Å². The van der Waals surface area contributed by atoms with E-state index in [2.05, 4.69) is 23.6 Å². The Balaban J connectivity index is 2.86. The highest BCUT2D eigenvalue weighted by Crippen LogP contribution is 2.22. The van der Waals surface area contributed by atoms with Gasteiger partial charge in [-0.25, -0.2) is 8.93 Å². The maximum atomic E-state index is 12.1. The first kappa shape index (κ1) is 14.3. The van der Waals surface area contributed by atoms with Gasteiger partial charge in [-0.15, -0.1) is 0 Å². The predicted octanol–water partition coefficient (Wildman–Crippen LogP) is 2.83. The molecule has 0 fully saturated rings. The van der Waals surface area contributed by atoms with Gasteiger partial charge in [-0.1, -0.05) is 19.9 Å². The van der Waals surface area contributed by atoms with Crippen molar-refractivity contribution in [3.8, 4) is 0 Å². The van der Waals surface area contributed by atoms with E-state index in [9.17, 15) is 4.21 Å². The van der Waals surface area contributed by atoms with Crippen LogP contribution in [0.2, 0.25) is 0 Å². The van der Waals surface area contributed by atoms with Crippen LogP contribution in [0.15, 0.2) is 24.4 Å². The number of hydrogen-bond donors (Lipinski definition) is 1.